The van der Waals surface area contributed by atoms with Crippen LogP contribution in [-0.2, 0) is 20.9 Å². The summed E-state index contributed by atoms with van der Waals surface area (Å²) in [5.41, 5.74) is 1.77. The van der Waals surface area contributed by atoms with Gasteiger partial charge in [0.2, 0.25) is 0 Å². The SMILES string of the molecule is CC(C)C(=O)C(=Cc1ccccc1)C(=O)OCc1ccccc1. The standard InChI is InChI=1S/C20H20O3/c1-15(2)19(21)18(13-16-9-5-3-6-10-16)20(22)23-14-17-11-7-4-8-12-17/h3-13,15H,14H2,1-2H3. The molecule has 0 saturated heterocycles. The minimum atomic E-state index is -0.587. The van der Waals surface area contributed by atoms with Gasteiger partial charge in [0.1, 0.15) is 12.2 Å². The second-order valence-electron chi connectivity index (χ2n) is 5.55. The molecule has 2 rings (SSSR count). The molecule has 0 saturated carbocycles. The van der Waals surface area contributed by atoms with Gasteiger partial charge in [-0.2, -0.15) is 0 Å². The third kappa shape index (κ3) is 4.92. The van der Waals surface area contributed by atoms with Gasteiger partial charge < -0.3 is 4.74 Å². The van der Waals surface area contributed by atoms with Crippen molar-refractivity contribution in [3.63, 3.8) is 0 Å². The third-order valence-corrected chi connectivity index (χ3v) is 3.33. The molecule has 3 heteroatoms. The number of hydrogen-bond acceptors (Lipinski definition) is 3. The van der Waals surface area contributed by atoms with Gasteiger partial charge in [0.05, 0.1) is 0 Å². The number of rotatable bonds is 6. The molecule has 0 aromatic heterocycles. The average molecular weight is 308 g/mol. The Labute approximate surface area is 136 Å². The maximum atomic E-state index is 12.4. The monoisotopic (exact) mass is 308 g/mol. The van der Waals surface area contributed by atoms with Gasteiger partial charge in [-0.15, -0.1) is 0 Å². The maximum absolute atomic E-state index is 12.4. The second kappa shape index (κ2) is 8.08. The van der Waals surface area contributed by atoms with Gasteiger partial charge >= 0.3 is 5.97 Å². The molecule has 0 N–H and O–H groups in total. The number of ketones is 1. The van der Waals surface area contributed by atoms with E-state index in [1.807, 2.05) is 60.7 Å². The Morgan fingerprint density at radius 3 is 2.09 bits per heavy atom. The van der Waals surface area contributed by atoms with Crippen LogP contribution in [0.2, 0.25) is 0 Å². The zero-order valence-corrected chi connectivity index (χ0v) is 13.4. The third-order valence-electron chi connectivity index (χ3n) is 3.33. The van der Waals surface area contributed by atoms with Crippen molar-refractivity contribution in [2.24, 2.45) is 5.92 Å². The summed E-state index contributed by atoms with van der Waals surface area (Å²) < 4.78 is 5.31. The predicted molar refractivity (Wildman–Crippen MR) is 90.5 cm³/mol. The van der Waals surface area contributed by atoms with Crippen LogP contribution in [0.15, 0.2) is 66.2 Å². The van der Waals surface area contributed by atoms with Gasteiger partial charge in [-0.25, -0.2) is 4.79 Å². The number of Topliss-reactive ketones (excluding diaryl/α,β-unsaturated/α-hetero) is 1. The summed E-state index contributed by atoms with van der Waals surface area (Å²) in [6.45, 7) is 3.69. The highest BCUT2D eigenvalue weighted by Crippen LogP contribution is 2.14. The summed E-state index contributed by atoms with van der Waals surface area (Å²) in [6, 6.07) is 18.7. The van der Waals surface area contributed by atoms with E-state index in [1.54, 1.807) is 19.9 Å². The van der Waals surface area contributed by atoms with Crippen molar-refractivity contribution in [3.05, 3.63) is 77.4 Å². The largest absolute Gasteiger partial charge is 0.457 e. The van der Waals surface area contributed by atoms with E-state index in [1.165, 1.54) is 0 Å². The quantitative estimate of drug-likeness (QED) is 0.350. The molecule has 2 aromatic carbocycles. The first-order chi connectivity index (χ1) is 11.1. The Hall–Kier alpha value is -2.68. The first-order valence-electron chi connectivity index (χ1n) is 7.60. The Balaban J connectivity index is 2.18. The van der Waals surface area contributed by atoms with E-state index in [9.17, 15) is 9.59 Å². The summed E-state index contributed by atoms with van der Waals surface area (Å²) in [6.07, 6.45) is 1.59. The summed E-state index contributed by atoms with van der Waals surface area (Å²) in [7, 11) is 0. The predicted octanol–water partition coefficient (Wildman–Crippen LogP) is 4.04. The molecule has 0 spiro atoms. The van der Waals surface area contributed by atoms with Gasteiger partial charge in [0.15, 0.2) is 5.78 Å². The van der Waals surface area contributed by atoms with Crippen molar-refractivity contribution < 1.29 is 14.3 Å². The van der Waals surface area contributed by atoms with Crippen LogP contribution >= 0.6 is 0 Å². The molecule has 0 aliphatic rings. The molecule has 2 aromatic rings. The number of carbonyl (C=O) groups is 2. The molecule has 23 heavy (non-hydrogen) atoms. The van der Waals surface area contributed by atoms with Crippen LogP contribution in [0.5, 0.6) is 0 Å². The molecule has 0 aliphatic heterocycles. The van der Waals surface area contributed by atoms with E-state index in [4.69, 9.17) is 4.74 Å². The smallest absolute Gasteiger partial charge is 0.342 e. The van der Waals surface area contributed by atoms with Gasteiger partial charge in [0, 0.05) is 5.92 Å². The molecule has 0 radical (unpaired) electrons. The summed E-state index contributed by atoms with van der Waals surface area (Å²) in [5.74, 6) is -1.07. The molecular weight excluding hydrogens is 288 g/mol. The van der Waals surface area contributed by atoms with E-state index in [0.29, 0.717) is 0 Å². The zero-order chi connectivity index (χ0) is 16.7. The van der Waals surface area contributed by atoms with E-state index in [-0.39, 0.29) is 23.9 Å². The van der Waals surface area contributed by atoms with Crippen LogP contribution in [0.1, 0.15) is 25.0 Å². The van der Waals surface area contributed by atoms with E-state index in [2.05, 4.69) is 0 Å². The van der Waals surface area contributed by atoms with Crippen LogP contribution in [0, 0.1) is 5.92 Å². The number of benzene rings is 2. The molecule has 0 heterocycles. The van der Waals surface area contributed by atoms with Crippen LogP contribution in [0.25, 0.3) is 6.08 Å². The summed E-state index contributed by atoms with van der Waals surface area (Å²) in [5, 5.41) is 0. The molecule has 0 bridgehead atoms. The van der Waals surface area contributed by atoms with E-state index < -0.39 is 5.97 Å². The van der Waals surface area contributed by atoms with Crippen LogP contribution < -0.4 is 0 Å². The zero-order valence-electron chi connectivity index (χ0n) is 13.4. The maximum Gasteiger partial charge on any atom is 0.342 e. The molecule has 3 nitrogen and oxygen atoms in total. The van der Waals surface area contributed by atoms with Crippen LogP contribution in [0.4, 0.5) is 0 Å². The van der Waals surface area contributed by atoms with Crippen LogP contribution in [-0.4, -0.2) is 11.8 Å². The summed E-state index contributed by atoms with van der Waals surface area (Å²) in [4.78, 5) is 24.7. The minimum Gasteiger partial charge on any atom is -0.457 e. The molecule has 0 fully saturated rings. The number of ether oxygens (including phenoxy) is 1. The van der Waals surface area contributed by atoms with Gasteiger partial charge in [-0.05, 0) is 17.2 Å². The fourth-order valence-electron chi connectivity index (χ4n) is 2.06. The normalized spacial score (nSPS) is 11.3. The summed E-state index contributed by atoms with van der Waals surface area (Å²) >= 11 is 0. The van der Waals surface area contributed by atoms with Crippen molar-refractivity contribution in [2.75, 3.05) is 0 Å². The van der Waals surface area contributed by atoms with E-state index >= 15 is 0 Å². The molecule has 0 atom stereocenters. The average Bonchev–Trinajstić information content (AvgIpc) is 2.58. The highest BCUT2D eigenvalue weighted by atomic mass is 16.5. The van der Waals surface area contributed by atoms with E-state index in [0.717, 1.165) is 11.1 Å². The Morgan fingerprint density at radius 2 is 1.52 bits per heavy atom. The van der Waals surface area contributed by atoms with Crippen molar-refractivity contribution in [1.82, 2.24) is 0 Å². The number of hydrogen-bond donors (Lipinski definition) is 0. The van der Waals surface area contributed by atoms with Crippen molar-refractivity contribution in [2.45, 2.75) is 20.5 Å². The minimum absolute atomic E-state index is 0.0853. The Kier molecular flexibility index (Phi) is 5.87. The lowest BCUT2D eigenvalue weighted by atomic mass is 9.99. The first kappa shape index (κ1) is 16.7. The van der Waals surface area contributed by atoms with Gasteiger partial charge in [-0.1, -0.05) is 74.5 Å². The molecule has 118 valence electrons. The fraction of sp³-hybridized carbons (Fsp3) is 0.200. The Morgan fingerprint density at radius 1 is 0.957 bits per heavy atom. The van der Waals surface area contributed by atoms with Gasteiger partial charge in [0.25, 0.3) is 0 Å². The molecule has 0 unspecified atom stereocenters. The van der Waals surface area contributed by atoms with Crippen molar-refractivity contribution in [1.29, 1.82) is 0 Å². The lowest BCUT2D eigenvalue weighted by molar-refractivity contribution is -0.141. The number of carbonyl (C=O) groups excluding carboxylic acids is 2. The Bertz CT molecular complexity index is 685. The van der Waals surface area contributed by atoms with Crippen LogP contribution in [0.3, 0.4) is 0 Å². The first-order valence-corrected chi connectivity index (χ1v) is 7.60. The fourth-order valence-corrected chi connectivity index (χ4v) is 2.06. The molecule has 0 amide bonds. The second-order valence-corrected chi connectivity index (χ2v) is 5.55. The van der Waals surface area contributed by atoms with Crippen molar-refractivity contribution in [3.8, 4) is 0 Å². The van der Waals surface area contributed by atoms with Gasteiger partial charge in [-0.3, -0.25) is 4.79 Å². The topological polar surface area (TPSA) is 43.4 Å². The lowest BCUT2D eigenvalue weighted by Gasteiger charge is -2.10. The lowest BCUT2D eigenvalue weighted by Crippen LogP contribution is -2.19. The van der Waals surface area contributed by atoms with Crippen molar-refractivity contribution >= 4 is 17.8 Å². The molecule has 0 aliphatic carbocycles. The highest BCUT2D eigenvalue weighted by molar-refractivity contribution is 6.21. The number of esters is 1. The highest BCUT2D eigenvalue weighted by Gasteiger charge is 2.22. The molecular formula is C20H20O3.